The van der Waals surface area contributed by atoms with Crippen LogP contribution in [0.25, 0.3) is 0 Å². The summed E-state index contributed by atoms with van der Waals surface area (Å²) in [5.74, 6) is 0.503. The van der Waals surface area contributed by atoms with Crippen molar-refractivity contribution in [3.8, 4) is 11.5 Å². The van der Waals surface area contributed by atoms with E-state index in [0.717, 1.165) is 4.47 Å². The highest BCUT2D eigenvalue weighted by Gasteiger charge is 2.14. The fourth-order valence-corrected chi connectivity index (χ4v) is 2.88. The number of benzene rings is 2. The molecule has 0 saturated carbocycles. The Morgan fingerprint density at radius 1 is 1.09 bits per heavy atom. The van der Waals surface area contributed by atoms with Crippen LogP contribution in [-0.4, -0.2) is 12.1 Å². The Labute approximate surface area is 150 Å². The Balaban J connectivity index is 2.17. The summed E-state index contributed by atoms with van der Waals surface area (Å²) >= 11 is 12.7. The summed E-state index contributed by atoms with van der Waals surface area (Å²) in [6.07, 6.45) is 0.0515. The molecule has 0 amide bonds. The van der Waals surface area contributed by atoms with Gasteiger partial charge in [-0.2, -0.15) is 0 Å². The molecule has 0 aliphatic carbocycles. The van der Waals surface area contributed by atoms with Crippen LogP contribution in [-0.2, 0) is 0 Å². The molecule has 22 heavy (non-hydrogen) atoms. The number of halogens is 3. The monoisotopic (exact) mass is 446 g/mol. The molecule has 0 aliphatic rings. The molecule has 0 saturated heterocycles. The maximum absolute atomic E-state index is 12.2. The molecule has 0 aliphatic heterocycles. The van der Waals surface area contributed by atoms with Crippen molar-refractivity contribution < 1.29 is 14.3 Å². The lowest BCUT2D eigenvalue weighted by Crippen LogP contribution is -2.10. The van der Waals surface area contributed by atoms with E-state index in [0.29, 0.717) is 26.6 Å². The lowest BCUT2D eigenvalue weighted by Gasteiger charge is -2.12. The predicted molar refractivity (Wildman–Crippen MR) is 94.0 cm³/mol. The van der Waals surface area contributed by atoms with Crippen LogP contribution < -0.4 is 9.47 Å². The summed E-state index contributed by atoms with van der Waals surface area (Å²) in [5.41, 5.74) is 0.405. The van der Waals surface area contributed by atoms with Crippen molar-refractivity contribution in [1.82, 2.24) is 0 Å². The largest absolute Gasteiger partial charge is 0.490 e. The molecule has 3 nitrogen and oxygen atoms in total. The average molecular weight is 449 g/mol. The maximum atomic E-state index is 12.2. The molecule has 0 heterocycles. The molecular weight excluding hydrogens is 435 g/mol. The van der Waals surface area contributed by atoms with Gasteiger partial charge in [0.1, 0.15) is 11.5 Å². The lowest BCUT2D eigenvalue weighted by molar-refractivity contribution is 0.0734. The molecule has 6 heteroatoms. The molecule has 0 aromatic heterocycles. The van der Waals surface area contributed by atoms with E-state index in [-0.39, 0.29) is 6.10 Å². The second-order valence-corrected chi connectivity index (χ2v) is 6.95. The van der Waals surface area contributed by atoms with Crippen molar-refractivity contribution in [2.45, 2.75) is 20.0 Å². The van der Waals surface area contributed by atoms with Crippen LogP contribution in [0.2, 0.25) is 5.02 Å². The van der Waals surface area contributed by atoms with Gasteiger partial charge in [0.25, 0.3) is 0 Å². The van der Waals surface area contributed by atoms with E-state index in [4.69, 9.17) is 21.1 Å². The van der Waals surface area contributed by atoms with Gasteiger partial charge in [-0.1, -0.05) is 27.5 Å². The van der Waals surface area contributed by atoms with Gasteiger partial charge in [0.2, 0.25) is 0 Å². The van der Waals surface area contributed by atoms with E-state index >= 15 is 0 Å². The average Bonchev–Trinajstić information content (AvgIpc) is 2.43. The van der Waals surface area contributed by atoms with Gasteiger partial charge >= 0.3 is 5.97 Å². The van der Waals surface area contributed by atoms with Crippen LogP contribution in [0.4, 0.5) is 0 Å². The minimum atomic E-state index is -0.485. The Bertz CT molecular complexity index is 702. The topological polar surface area (TPSA) is 35.5 Å². The van der Waals surface area contributed by atoms with Crippen LogP contribution in [0, 0.1) is 0 Å². The van der Waals surface area contributed by atoms with E-state index in [1.54, 1.807) is 36.4 Å². The summed E-state index contributed by atoms with van der Waals surface area (Å²) in [4.78, 5) is 12.2. The minimum absolute atomic E-state index is 0.0515. The van der Waals surface area contributed by atoms with Gasteiger partial charge < -0.3 is 9.47 Å². The van der Waals surface area contributed by atoms with Gasteiger partial charge in [-0.05, 0) is 66.2 Å². The first-order valence-electron chi connectivity index (χ1n) is 6.50. The lowest BCUT2D eigenvalue weighted by atomic mass is 10.2. The van der Waals surface area contributed by atoms with Gasteiger partial charge in [-0.15, -0.1) is 0 Å². The van der Waals surface area contributed by atoms with Gasteiger partial charge in [0.05, 0.1) is 21.2 Å². The first-order chi connectivity index (χ1) is 10.4. The van der Waals surface area contributed by atoms with E-state index in [1.807, 2.05) is 13.8 Å². The first-order valence-corrected chi connectivity index (χ1v) is 8.46. The third-order valence-electron chi connectivity index (χ3n) is 2.63. The number of esters is 1. The Kier molecular flexibility index (Phi) is 5.89. The molecule has 116 valence electrons. The molecule has 0 fully saturated rings. The van der Waals surface area contributed by atoms with Gasteiger partial charge in [-0.3, -0.25) is 0 Å². The van der Waals surface area contributed by atoms with Crippen LogP contribution >= 0.6 is 43.5 Å². The Morgan fingerprint density at radius 3 is 2.36 bits per heavy atom. The first kappa shape index (κ1) is 17.3. The van der Waals surface area contributed by atoms with Crippen molar-refractivity contribution in [2.24, 2.45) is 0 Å². The van der Waals surface area contributed by atoms with E-state index < -0.39 is 5.97 Å². The fraction of sp³-hybridized carbons (Fsp3) is 0.188. The molecule has 0 N–H and O–H groups in total. The Morgan fingerprint density at radius 2 is 1.77 bits per heavy atom. The molecule has 0 atom stereocenters. The van der Waals surface area contributed by atoms with Gasteiger partial charge in [0.15, 0.2) is 0 Å². The number of hydrogen-bond donors (Lipinski definition) is 0. The van der Waals surface area contributed by atoms with Crippen LogP contribution in [0.1, 0.15) is 24.2 Å². The maximum Gasteiger partial charge on any atom is 0.343 e. The minimum Gasteiger partial charge on any atom is -0.490 e. The van der Waals surface area contributed by atoms with Crippen molar-refractivity contribution >= 4 is 49.4 Å². The zero-order chi connectivity index (χ0) is 16.3. The highest BCUT2D eigenvalue weighted by atomic mass is 79.9. The molecule has 2 aromatic carbocycles. The van der Waals surface area contributed by atoms with E-state index in [1.165, 1.54) is 0 Å². The van der Waals surface area contributed by atoms with Crippen LogP contribution in [0.15, 0.2) is 45.3 Å². The molecular formula is C16H13Br2ClO3. The molecule has 2 rings (SSSR count). The highest BCUT2D eigenvalue weighted by molar-refractivity contribution is 9.10. The molecule has 0 spiro atoms. The summed E-state index contributed by atoms with van der Waals surface area (Å²) in [5, 5.41) is 0.363. The zero-order valence-corrected chi connectivity index (χ0v) is 15.8. The van der Waals surface area contributed by atoms with E-state index in [9.17, 15) is 4.79 Å². The summed E-state index contributed by atoms with van der Waals surface area (Å²) < 4.78 is 12.4. The Hall–Kier alpha value is -1.04. The van der Waals surface area contributed by atoms with Crippen LogP contribution in [0.3, 0.4) is 0 Å². The number of rotatable bonds is 4. The quantitative estimate of drug-likeness (QED) is 0.433. The SMILES string of the molecule is CC(C)Oc1ccc(C(=O)Oc2ccc(Br)cc2Cl)cc1Br. The van der Waals surface area contributed by atoms with Crippen molar-refractivity contribution in [2.75, 3.05) is 0 Å². The standard InChI is InChI=1S/C16H13Br2ClO3/c1-9(2)21-14-5-3-10(7-12(14)18)16(20)22-15-6-4-11(17)8-13(15)19/h3-9H,1-2H3. The number of ether oxygens (including phenoxy) is 2. The van der Waals surface area contributed by atoms with Gasteiger partial charge in [-0.25, -0.2) is 4.79 Å². The molecule has 0 radical (unpaired) electrons. The number of hydrogen-bond acceptors (Lipinski definition) is 3. The second kappa shape index (κ2) is 7.49. The fourth-order valence-electron chi connectivity index (χ4n) is 1.69. The predicted octanol–water partition coefficient (Wildman–Crippen LogP) is 5.87. The zero-order valence-electron chi connectivity index (χ0n) is 11.9. The summed E-state index contributed by atoms with van der Waals surface area (Å²) in [6.45, 7) is 3.87. The van der Waals surface area contributed by atoms with Crippen molar-refractivity contribution in [1.29, 1.82) is 0 Å². The molecule has 0 unspecified atom stereocenters. The summed E-state index contributed by atoms with van der Waals surface area (Å²) in [7, 11) is 0. The molecule has 2 aromatic rings. The third-order valence-corrected chi connectivity index (χ3v) is 4.04. The molecule has 0 bridgehead atoms. The van der Waals surface area contributed by atoms with Gasteiger partial charge in [0, 0.05) is 4.47 Å². The summed E-state index contributed by atoms with van der Waals surface area (Å²) in [6, 6.07) is 10.1. The van der Waals surface area contributed by atoms with E-state index in [2.05, 4.69) is 31.9 Å². The highest BCUT2D eigenvalue weighted by Crippen LogP contribution is 2.30. The third kappa shape index (κ3) is 4.48. The normalized spacial score (nSPS) is 10.6. The second-order valence-electron chi connectivity index (χ2n) is 4.78. The number of carbonyl (C=O) groups is 1. The smallest absolute Gasteiger partial charge is 0.343 e. The van der Waals surface area contributed by atoms with Crippen LogP contribution in [0.5, 0.6) is 11.5 Å². The van der Waals surface area contributed by atoms with Crippen molar-refractivity contribution in [3.63, 3.8) is 0 Å². The number of carbonyl (C=O) groups excluding carboxylic acids is 1. The van der Waals surface area contributed by atoms with Crippen molar-refractivity contribution in [3.05, 3.63) is 55.9 Å².